The molecule has 1 amide bonds. The summed E-state index contributed by atoms with van der Waals surface area (Å²) in [4.78, 5) is 17.6. The Hall–Kier alpha value is -0.650. The summed E-state index contributed by atoms with van der Waals surface area (Å²) >= 11 is 0. The minimum Gasteiger partial charge on any atom is -0.385 e. The van der Waals surface area contributed by atoms with Gasteiger partial charge in [0.2, 0.25) is 5.91 Å². The summed E-state index contributed by atoms with van der Waals surface area (Å²) in [5.41, 5.74) is -0.0889. The van der Waals surface area contributed by atoms with Crippen LogP contribution in [0.5, 0.6) is 0 Å². The van der Waals surface area contributed by atoms with E-state index in [-0.39, 0.29) is 5.41 Å². The van der Waals surface area contributed by atoms with Crippen LogP contribution in [0.3, 0.4) is 0 Å². The molecule has 2 aliphatic heterocycles. The van der Waals surface area contributed by atoms with E-state index < -0.39 is 0 Å². The molecule has 2 heterocycles. The van der Waals surface area contributed by atoms with Gasteiger partial charge in [0, 0.05) is 59.0 Å². The first kappa shape index (κ1) is 15.3. The highest BCUT2D eigenvalue weighted by molar-refractivity contribution is 5.84. The Morgan fingerprint density at radius 3 is 2.67 bits per heavy atom. The molecule has 1 aliphatic carbocycles. The number of amides is 1. The summed E-state index contributed by atoms with van der Waals surface area (Å²) in [5.74, 6) is 0.406. The average molecular weight is 295 g/mol. The fraction of sp³-hybridized carbons (Fsp3) is 0.938. The van der Waals surface area contributed by atoms with Crippen LogP contribution in [-0.2, 0) is 9.53 Å². The summed E-state index contributed by atoms with van der Waals surface area (Å²) in [6, 6.07) is 0.579. The molecule has 3 rings (SSSR count). The van der Waals surface area contributed by atoms with Gasteiger partial charge in [0.05, 0.1) is 5.41 Å². The fourth-order valence-corrected chi connectivity index (χ4v) is 4.08. The molecule has 1 saturated carbocycles. The van der Waals surface area contributed by atoms with Crippen LogP contribution in [0.25, 0.3) is 0 Å². The summed E-state index contributed by atoms with van der Waals surface area (Å²) in [6.45, 7) is 7.02. The van der Waals surface area contributed by atoms with Gasteiger partial charge in [0.25, 0.3) is 0 Å². The van der Waals surface area contributed by atoms with Gasteiger partial charge in [0.1, 0.15) is 0 Å². The highest BCUT2D eigenvalue weighted by atomic mass is 16.5. The Bertz CT molecular complexity index is 365. The van der Waals surface area contributed by atoms with E-state index in [9.17, 15) is 4.79 Å². The molecular formula is C16H29N3O2. The molecule has 0 spiro atoms. The number of methoxy groups -OCH3 is 1. The first-order chi connectivity index (χ1) is 10.2. The number of nitrogens with one attached hydrogen (secondary N) is 1. The Balaban J connectivity index is 1.56. The third-order valence-electron chi connectivity index (χ3n) is 5.67. The van der Waals surface area contributed by atoms with Crippen LogP contribution in [0.1, 0.15) is 32.1 Å². The highest BCUT2D eigenvalue weighted by Crippen LogP contribution is 2.46. The molecule has 0 aromatic heterocycles. The zero-order valence-electron chi connectivity index (χ0n) is 13.3. The van der Waals surface area contributed by atoms with E-state index in [2.05, 4.69) is 15.1 Å². The average Bonchev–Trinajstić information content (AvgIpc) is 2.97. The third kappa shape index (κ3) is 3.10. The molecular weight excluding hydrogens is 266 g/mol. The molecule has 0 aromatic carbocycles. The monoisotopic (exact) mass is 295 g/mol. The van der Waals surface area contributed by atoms with Gasteiger partial charge < -0.3 is 15.0 Å². The Morgan fingerprint density at radius 1 is 1.29 bits per heavy atom. The lowest BCUT2D eigenvalue weighted by Crippen LogP contribution is -2.51. The number of rotatable bonds is 5. The number of piperazine rings is 1. The van der Waals surface area contributed by atoms with Crippen molar-refractivity contribution in [2.24, 2.45) is 5.41 Å². The lowest BCUT2D eigenvalue weighted by Gasteiger charge is -2.43. The van der Waals surface area contributed by atoms with Crippen LogP contribution in [0.15, 0.2) is 0 Å². The summed E-state index contributed by atoms with van der Waals surface area (Å²) in [5, 5.41) is 3.40. The molecule has 5 heteroatoms. The highest BCUT2D eigenvalue weighted by Gasteiger charge is 2.47. The van der Waals surface area contributed by atoms with Gasteiger partial charge in [-0.05, 0) is 25.7 Å². The van der Waals surface area contributed by atoms with Crippen molar-refractivity contribution in [2.45, 2.75) is 38.1 Å². The molecule has 1 N–H and O–H groups in total. The van der Waals surface area contributed by atoms with Gasteiger partial charge in [0.15, 0.2) is 0 Å². The first-order valence-electron chi connectivity index (χ1n) is 8.48. The number of hydrogen-bond donors (Lipinski definition) is 1. The second kappa shape index (κ2) is 6.63. The van der Waals surface area contributed by atoms with Crippen LogP contribution in [0.2, 0.25) is 0 Å². The second-order valence-corrected chi connectivity index (χ2v) is 6.86. The molecule has 5 nitrogen and oxygen atoms in total. The van der Waals surface area contributed by atoms with Crippen molar-refractivity contribution in [1.29, 1.82) is 0 Å². The van der Waals surface area contributed by atoms with Crippen LogP contribution < -0.4 is 5.32 Å². The number of ether oxygens (including phenoxy) is 1. The molecule has 0 aromatic rings. The summed E-state index contributed by atoms with van der Waals surface area (Å²) < 4.78 is 5.22. The number of likely N-dealkylation sites (tertiary alicyclic amines) is 1. The Labute approximate surface area is 128 Å². The van der Waals surface area contributed by atoms with Gasteiger partial charge in [-0.15, -0.1) is 0 Å². The van der Waals surface area contributed by atoms with Crippen molar-refractivity contribution in [3.8, 4) is 0 Å². The van der Waals surface area contributed by atoms with Crippen molar-refractivity contribution in [1.82, 2.24) is 15.1 Å². The molecule has 3 fully saturated rings. The van der Waals surface area contributed by atoms with Crippen LogP contribution in [0, 0.1) is 5.41 Å². The maximum Gasteiger partial charge on any atom is 0.228 e. The second-order valence-electron chi connectivity index (χ2n) is 6.86. The van der Waals surface area contributed by atoms with Crippen LogP contribution >= 0.6 is 0 Å². The van der Waals surface area contributed by atoms with Gasteiger partial charge in [-0.1, -0.05) is 6.42 Å². The van der Waals surface area contributed by atoms with Gasteiger partial charge in [-0.2, -0.15) is 0 Å². The van der Waals surface area contributed by atoms with Gasteiger partial charge in [-0.25, -0.2) is 0 Å². The summed E-state index contributed by atoms with van der Waals surface area (Å²) in [7, 11) is 1.73. The molecule has 1 unspecified atom stereocenters. The lowest BCUT2D eigenvalue weighted by molar-refractivity contribution is -0.148. The molecule has 3 aliphatic rings. The molecule has 2 saturated heterocycles. The fourth-order valence-electron chi connectivity index (χ4n) is 4.08. The quantitative estimate of drug-likeness (QED) is 0.811. The van der Waals surface area contributed by atoms with Crippen molar-refractivity contribution in [3.05, 3.63) is 0 Å². The van der Waals surface area contributed by atoms with Gasteiger partial charge >= 0.3 is 0 Å². The Morgan fingerprint density at radius 2 is 2.05 bits per heavy atom. The maximum atomic E-state index is 12.9. The van der Waals surface area contributed by atoms with E-state index in [1.54, 1.807) is 7.11 Å². The van der Waals surface area contributed by atoms with Crippen LogP contribution in [0.4, 0.5) is 0 Å². The van der Waals surface area contributed by atoms with E-state index >= 15 is 0 Å². The molecule has 1 atom stereocenters. The zero-order valence-corrected chi connectivity index (χ0v) is 13.3. The topological polar surface area (TPSA) is 44.8 Å². The predicted octanol–water partition coefficient (Wildman–Crippen LogP) is 0.699. The zero-order chi connectivity index (χ0) is 14.7. The molecule has 120 valence electrons. The van der Waals surface area contributed by atoms with E-state index in [1.807, 2.05) is 0 Å². The lowest BCUT2D eigenvalue weighted by atomic mass is 9.66. The predicted molar refractivity (Wildman–Crippen MR) is 82.2 cm³/mol. The van der Waals surface area contributed by atoms with E-state index in [0.717, 1.165) is 65.0 Å². The smallest absolute Gasteiger partial charge is 0.228 e. The first-order valence-corrected chi connectivity index (χ1v) is 8.48. The van der Waals surface area contributed by atoms with E-state index in [0.29, 0.717) is 18.6 Å². The molecule has 0 bridgehead atoms. The van der Waals surface area contributed by atoms with E-state index in [4.69, 9.17) is 4.74 Å². The largest absolute Gasteiger partial charge is 0.385 e. The number of carbonyl (C=O) groups is 1. The Kier molecular flexibility index (Phi) is 4.82. The summed E-state index contributed by atoms with van der Waals surface area (Å²) in [6.07, 6.45) is 5.36. The standard InChI is InChI=1S/C16H29N3O2/c1-21-12-6-16(4-2-5-16)15(20)19-9-3-14(13-19)18-10-7-17-8-11-18/h14,17H,2-13H2,1H3. The maximum absolute atomic E-state index is 12.9. The number of hydrogen-bond acceptors (Lipinski definition) is 4. The van der Waals surface area contributed by atoms with Crippen LogP contribution in [-0.4, -0.2) is 74.7 Å². The molecule has 21 heavy (non-hydrogen) atoms. The van der Waals surface area contributed by atoms with E-state index in [1.165, 1.54) is 6.42 Å². The minimum atomic E-state index is -0.0889. The van der Waals surface area contributed by atoms with Crippen molar-refractivity contribution in [2.75, 3.05) is 53.0 Å². The SMILES string of the molecule is COCCC1(C(=O)N2CCC(N3CCNCC3)C2)CCC1. The number of nitrogens with zero attached hydrogens (tertiary/aromatic N) is 2. The minimum absolute atomic E-state index is 0.0889. The third-order valence-corrected chi connectivity index (χ3v) is 5.67. The van der Waals surface area contributed by atoms with Crippen molar-refractivity contribution in [3.63, 3.8) is 0 Å². The number of carbonyl (C=O) groups excluding carboxylic acids is 1. The normalized spacial score (nSPS) is 29.4. The molecule has 0 radical (unpaired) electrons. The van der Waals surface area contributed by atoms with Crippen molar-refractivity contribution < 1.29 is 9.53 Å². The van der Waals surface area contributed by atoms with Gasteiger partial charge in [-0.3, -0.25) is 9.69 Å². The van der Waals surface area contributed by atoms with Crippen molar-refractivity contribution >= 4 is 5.91 Å².